The van der Waals surface area contributed by atoms with Gasteiger partial charge in [0.1, 0.15) is 5.82 Å². The topological polar surface area (TPSA) is 50.9 Å². The van der Waals surface area contributed by atoms with Gasteiger partial charge >= 0.3 is 0 Å². The summed E-state index contributed by atoms with van der Waals surface area (Å²) in [6.45, 7) is 3.97. The molecular formula is C15H18FN3. The van der Waals surface area contributed by atoms with Crippen LogP contribution in [0.15, 0.2) is 36.7 Å². The quantitative estimate of drug-likeness (QED) is 0.655. The molecule has 0 radical (unpaired) electrons. The lowest BCUT2D eigenvalue weighted by atomic mass is 9.95. The average Bonchev–Trinajstić information content (AvgIpc) is 2.41. The number of aromatic nitrogens is 1. The van der Waals surface area contributed by atoms with Gasteiger partial charge in [0.25, 0.3) is 0 Å². The Balaban J connectivity index is 2.29. The van der Waals surface area contributed by atoms with Crippen molar-refractivity contribution in [3.05, 3.63) is 64.7 Å². The van der Waals surface area contributed by atoms with Gasteiger partial charge in [0.2, 0.25) is 0 Å². The minimum absolute atomic E-state index is 0.0523. The molecule has 100 valence electrons. The molecule has 1 atom stereocenters. The van der Waals surface area contributed by atoms with E-state index in [-0.39, 0.29) is 11.9 Å². The van der Waals surface area contributed by atoms with Gasteiger partial charge in [0.05, 0.1) is 6.04 Å². The molecule has 1 aromatic heterocycles. The molecule has 0 aliphatic carbocycles. The monoisotopic (exact) mass is 259 g/mol. The first-order valence-electron chi connectivity index (χ1n) is 6.23. The van der Waals surface area contributed by atoms with Crippen LogP contribution in [0.25, 0.3) is 0 Å². The summed E-state index contributed by atoms with van der Waals surface area (Å²) in [4.78, 5) is 4.07. The fourth-order valence-corrected chi connectivity index (χ4v) is 2.21. The Morgan fingerprint density at radius 2 is 2.05 bits per heavy atom. The maximum Gasteiger partial charge on any atom is 0.123 e. The normalized spacial score (nSPS) is 12.4. The number of rotatable bonds is 4. The molecule has 0 amide bonds. The van der Waals surface area contributed by atoms with Gasteiger partial charge in [0, 0.05) is 12.4 Å². The van der Waals surface area contributed by atoms with E-state index in [0.29, 0.717) is 6.42 Å². The summed E-state index contributed by atoms with van der Waals surface area (Å²) >= 11 is 0. The zero-order valence-corrected chi connectivity index (χ0v) is 11.2. The summed E-state index contributed by atoms with van der Waals surface area (Å²) in [6.07, 6.45) is 4.19. The highest BCUT2D eigenvalue weighted by atomic mass is 19.1. The second-order valence-corrected chi connectivity index (χ2v) is 4.73. The summed E-state index contributed by atoms with van der Waals surface area (Å²) in [7, 11) is 0. The number of hydrogen-bond donors (Lipinski definition) is 2. The highest BCUT2D eigenvalue weighted by Crippen LogP contribution is 2.22. The van der Waals surface area contributed by atoms with Gasteiger partial charge in [-0.15, -0.1) is 0 Å². The predicted molar refractivity (Wildman–Crippen MR) is 73.9 cm³/mol. The van der Waals surface area contributed by atoms with Crippen LogP contribution in [0.3, 0.4) is 0 Å². The summed E-state index contributed by atoms with van der Waals surface area (Å²) in [5.41, 5.74) is 6.98. The SMILES string of the molecule is Cc1ccc(F)cc1CC(NN)c1ccncc1C. The molecule has 0 saturated carbocycles. The first kappa shape index (κ1) is 13.6. The van der Waals surface area contributed by atoms with Gasteiger partial charge in [-0.1, -0.05) is 6.07 Å². The third-order valence-corrected chi connectivity index (χ3v) is 3.38. The first-order chi connectivity index (χ1) is 9.11. The Hall–Kier alpha value is -1.78. The second kappa shape index (κ2) is 5.91. The molecule has 1 aromatic carbocycles. The minimum Gasteiger partial charge on any atom is -0.271 e. The van der Waals surface area contributed by atoms with E-state index in [1.165, 1.54) is 6.07 Å². The predicted octanol–water partition coefficient (Wildman–Crippen LogP) is 2.58. The van der Waals surface area contributed by atoms with Crippen LogP contribution < -0.4 is 11.3 Å². The number of hydrogen-bond acceptors (Lipinski definition) is 3. The standard InChI is InChI=1S/C15H18FN3/c1-10-3-4-13(16)7-12(10)8-15(19-17)14-5-6-18-9-11(14)2/h3-7,9,15,19H,8,17H2,1-2H3. The maximum atomic E-state index is 13.3. The number of nitrogens with one attached hydrogen (secondary N) is 1. The fraction of sp³-hybridized carbons (Fsp3) is 0.267. The number of benzene rings is 1. The highest BCUT2D eigenvalue weighted by Gasteiger charge is 2.14. The van der Waals surface area contributed by atoms with E-state index < -0.39 is 0 Å². The molecule has 2 rings (SSSR count). The van der Waals surface area contributed by atoms with Crippen molar-refractivity contribution in [3.8, 4) is 0 Å². The lowest BCUT2D eigenvalue weighted by Crippen LogP contribution is -2.30. The summed E-state index contributed by atoms with van der Waals surface area (Å²) in [6, 6.07) is 6.72. The molecule has 1 unspecified atom stereocenters. The number of hydrazine groups is 1. The van der Waals surface area contributed by atoms with Crippen LogP contribution in [-0.2, 0) is 6.42 Å². The first-order valence-corrected chi connectivity index (χ1v) is 6.23. The molecule has 0 spiro atoms. The summed E-state index contributed by atoms with van der Waals surface area (Å²) < 4.78 is 13.3. The van der Waals surface area contributed by atoms with Crippen molar-refractivity contribution in [3.63, 3.8) is 0 Å². The summed E-state index contributed by atoms with van der Waals surface area (Å²) in [5.74, 6) is 5.43. The molecular weight excluding hydrogens is 241 g/mol. The molecule has 0 bridgehead atoms. The van der Waals surface area contributed by atoms with Crippen LogP contribution in [0.4, 0.5) is 4.39 Å². The number of aryl methyl sites for hydroxylation is 2. The van der Waals surface area contributed by atoms with Crippen molar-refractivity contribution < 1.29 is 4.39 Å². The zero-order chi connectivity index (χ0) is 13.8. The van der Waals surface area contributed by atoms with E-state index in [1.807, 2.05) is 19.9 Å². The summed E-state index contributed by atoms with van der Waals surface area (Å²) in [5, 5.41) is 0. The van der Waals surface area contributed by atoms with Crippen molar-refractivity contribution in [1.82, 2.24) is 10.4 Å². The van der Waals surface area contributed by atoms with E-state index in [1.54, 1.807) is 24.5 Å². The second-order valence-electron chi connectivity index (χ2n) is 4.73. The largest absolute Gasteiger partial charge is 0.271 e. The van der Waals surface area contributed by atoms with Gasteiger partial charge in [-0.25, -0.2) is 4.39 Å². The molecule has 3 N–H and O–H groups in total. The van der Waals surface area contributed by atoms with Crippen LogP contribution in [0.1, 0.15) is 28.3 Å². The van der Waals surface area contributed by atoms with E-state index in [2.05, 4.69) is 10.4 Å². The molecule has 3 nitrogen and oxygen atoms in total. The number of nitrogens with zero attached hydrogens (tertiary/aromatic N) is 1. The molecule has 19 heavy (non-hydrogen) atoms. The van der Waals surface area contributed by atoms with Gasteiger partial charge < -0.3 is 0 Å². The van der Waals surface area contributed by atoms with Crippen molar-refractivity contribution >= 4 is 0 Å². The van der Waals surface area contributed by atoms with Gasteiger partial charge in [-0.05, 0) is 60.7 Å². The molecule has 1 heterocycles. The molecule has 2 aromatic rings. The Morgan fingerprint density at radius 1 is 1.26 bits per heavy atom. The third-order valence-electron chi connectivity index (χ3n) is 3.38. The minimum atomic E-state index is -0.220. The van der Waals surface area contributed by atoms with Crippen LogP contribution >= 0.6 is 0 Å². The van der Waals surface area contributed by atoms with Crippen molar-refractivity contribution in [1.29, 1.82) is 0 Å². The van der Waals surface area contributed by atoms with Crippen LogP contribution in [0.5, 0.6) is 0 Å². The van der Waals surface area contributed by atoms with Crippen molar-refractivity contribution in [2.75, 3.05) is 0 Å². The molecule has 4 heteroatoms. The fourth-order valence-electron chi connectivity index (χ4n) is 2.21. The maximum absolute atomic E-state index is 13.3. The van der Waals surface area contributed by atoms with Gasteiger partial charge in [0.15, 0.2) is 0 Å². The average molecular weight is 259 g/mol. The van der Waals surface area contributed by atoms with E-state index >= 15 is 0 Å². The molecule has 0 aliphatic heterocycles. The molecule has 0 aliphatic rings. The highest BCUT2D eigenvalue weighted by molar-refractivity contribution is 5.31. The number of halogens is 1. The van der Waals surface area contributed by atoms with Crippen molar-refractivity contribution in [2.24, 2.45) is 5.84 Å². The number of pyridine rings is 1. The smallest absolute Gasteiger partial charge is 0.123 e. The van der Waals surface area contributed by atoms with Crippen LogP contribution in [0.2, 0.25) is 0 Å². The molecule has 0 saturated heterocycles. The van der Waals surface area contributed by atoms with Crippen LogP contribution in [-0.4, -0.2) is 4.98 Å². The zero-order valence-electron chi connectivity index (χ0n) is 11.2. The van der Waals surface area contributed by atoms with Crippen molar-refractivity contribution in [2.45, 2.75) is 26.3 Å². The number of nitrogens with two attached hydrogens (primary N) is 1. The lowest BCUT2D eigenvalue weighted by Gasteiger charge is -2.19. The van der Waals surface area contributed by atoms with Gasteiger partial charge in [-0.2, -0.15) is 0 Å². The van der Waals surface area contributed by atoms with Crippen LogP contribution in [0, 0.1) is 19.7 Å². The third kappa shape index (κ3) is 3.16. The molecule has 0 fully saturated rings. The van der Waals surface area contributed by atoms with E-state index in [4.69, 9.17) is 5.84 Å². The lowest BCUT2D eigenvalue weighted by molar-refractivity contribution is 0.544. The Bertz CT molecular complexity index is 569. The van der Waals surface area contributed by atoms with E-state index in [0.717, 1.165) is 22.3 Å². The van der Waals surface area contributed by atoms with E-state index in [9.17, 15) is 4.39 Å². The van der Waals surface area contributed by atoms with Gasteiger partial charge in [-0.3, -0.25) is 16.3 Å². The Kier molecular flexibility index (Phi) is 4.24. The Morgan fingerprint density at radius 3 is 2.74 bits per heavy atom. The Labute approximate surface area is 112 Å².